The van der Waals surface area contributed by atoms with Crippen LogP contribution in [0.1, 0.15) is 56.7 Å². The van der Waals surface area contributed by atoms with E-state index in [-0.39, 0.29) is 0 Å². The highest BCUT2D eigenvalue weighted by Crippen LogP contribution is 2.40. The number of rotatable bonds is 4. The van der Waals surface area contributed by atoms with E-state index >= 15 is 0 Å². The van der Waals surface area contributed by atoms with E-state index in [4.69, 9.17) is 4.74 Å². The zero-order valence-corrected chi connectivity index (χ0v) is 13.1. The van der Waals surface area contributed by atoms with Gasteiger partial charge in [0.1, 0.15) is 17.9 Å². The SMILES string of the molecule is CN(C(=O)OC(C)(C)C)C(C=O)c1ccc(C2CC2)cc1. The molecule has 1 fully saturated rings. The monoisotopic (exact) mass is 289 g/mol. The van der Waals surface area contributed by atoms with Crippen molar-refractivity contribution in [3.63, 3.8) is 0 Å². The molecule has 1 aromatic carbocycles. The summed E-state index contributed by atoms with van der Waals surface area (Å²) in [5.74, 6) is 0.678. The number of amides is 1. The lowest BCUT2D eigenvalue weighted by Gasteiger charge is -2.28. The Bertz CT molecular complexity index is 512. The minimum atomic E-state index is -0.617. The molecule has 1 unspecified atom stereocenters. The number of nitrogens with zero attached hydrogens (tertiary/aromatic N) is 1. The van der Waals surface area contributed by atoms with Crippen LogP contribution in [0.4, 0.5) is 4.79 Å². The van der Waals surface area contributed by atoms with Gasteiger partial charge >= 0.3 is 6.09 Å². The smallest absolute Gasteiger partial charge is 0.410 e. The molecule has 0 aromatic heterocycles. The molecule has 0 bridgehead atoms. The third-order valence-corrected chi connectivity index (χ3v) is 3.55. The summed E-state index contributed by atoms with van der Waals surface area (Å²) in [5.41, 5.74) is 1.54. The second-order valence-electron chi connectivity index (χ2n) is 6.61. The number of aldehydes is 1. The molecule has 2 rings (SSSR count). The zero-order valence-electron chi connectivity index (χ0n) is 13.1. The maximum Gasteiger partial charge on any atom is 0.410 e. The normalized spacial score (nSPS) is 16.2. The van der Waals surface area contributed by atoms with Crippen LogP contribution in [0, 0.1) is 0 Å². The molecule has 1 aromatic rings. The summed E-state index contributed by atoms with van der Waals surface area (Å²) in [7, 11) is 1.59. The first-order valence-corrected chi connectivity index (χ1v) is 7.33. The fraction of sp³-hybridized carbons (Fsp3) is 0.529. The van der Waals surface area contributed by atoms with E-state index in [1.807, 2.05) is 24.3 Å². The molecule has 0 saturated heterocycles. The molecule has 21 heavy (non-hydrogen) atoms. The Balaban J connectivity index is 2.10. The molecule has 1 aliphatic rings. The standard InChI is InChI=1S/C17H23NO3/c1-17(2,3)21-16(20)18(4)15(11-19)14-9-7-13(8-10-14)12-5-6-12/h7-12,15H,5-6H2,1-4H3. The van der Waals surface area contributed by atoms with Crippen molar-refractivity contribution < 1.29 is 14.3 Å². The average Bonchev–Trinajstić information content (AvgIpc) is 3.22. The highest BCUT2D eigenvalue weighted by Gasteiger charge is 2.27. The van der Waals surface area contributed by atoms with Crippen molar-refractivity contribution in [1.82, 2.24) is 4.90 Å². The maximum absolute atomic E-state index is 12.1. The fourth-order valence-corrected chi connectivity index (χ4v) is 2.22. The van der Waals surface area contributed by atoms with E-state index in [1.54, 1.807) is 27.8 Å². The van der Waals surface area contributed by atoms with E-state index in [0.717, 1.165) is 11.8 Å². The lowest BCUT2D eigenvalue weighted by atomic mass is 10.0. The predicted molar refractivity (Wildman–Crippen MR) is 81.2 cm³/mol. The van der Waals surface area contributed by atoms with Crippen molar-refractivity contribution in [3.05, 3.63) is 35.4 Å². The average molecular weight is 289 g/mol. The van der Waals surface area contributed by atoms with E-state index in [0.29, 0.717) is 5.92 Å². The Morgan fingerprint density at radius 3 is 2.29 bits per heavy atom. The van der Waals surface area contributed by atoms with Gasteiger partial charge in [-0.15, -0.1) is 0 Å². The van der Waals surface area contributed by atoms with Crippen LogP contribution >= 0.6 is 0 Å². The molecule has 1 saturated carbocycles. The number of benzene rings is 1. The van der Waals surface area contributed by atoms with E-state index in [2.05, 4.69) is 0 Å². The van der Waals surface area contributed by atoms with Crippen LogP contribution in [-0.4, -0.2) is 29.9 Å². The van der Waals surface area contributed by atoms with Crippen LogP contribution in [0.2, 0.25) is 0 Å². The lowest BCUT2D eigenvalue weighted by molar-refractivity contribution is -0.112. The molecule has 0 radical (unpaired) electrons. The van der Waals surface area contributed by atoms with E-state index < -0.39 is 17.7 Å². The summed E-state index contributed by atoms with van der Waals surface area (Å²) in [4.78, 5) is 24.8. The molecule has 0 spiro atoms. The van der Waals surface area contributed by atoms with Crippen LogP contribution in [0.3, 0.4) is 0 Å². The Morgan fingerprint density at radius 1 is 1.29 bits per heavy atom. The van der Waals surface area contributed by atoms with Crippen molar-refractivity contribution in [2.75, 3.05) is 7.05 Å². The second kappa shape index (κ2) is 5.88. The molecule has 1 amide bonds. The Labute approximate surface area is 126 Å². The first kappa shape index (κ1) is 15.5. The molecule has 1 aliphatic carbocycles. The van der Waals surface area contributed by atoms with Gasteiger partial charge in [0.2, 0.25) is 0 Å². The number of likely N-dealkylation sites (N-methyl/N-ethyl adjacent to an activating group) is 1. The van der Waals surface area contributed by atoms with Crippen LogP contribution in [-0.2, 0) is 9.53 Å². The number of carbonyl (C=O) groups excluding carboxylic acids is 2. The minimum Gasteiger partial charge on any atom is -0.444 e. The summed E-state index contributed by atoms with van der Waals surface area (Å²) in [6, 6.07) is 7.33. The van der Waals surface area contributed by atoms with Crippen molar-refractivity contribution in [3.8, 4) is 0 Å². The van der Waals surface area contributed by atoms with Crippen LogP contribution in [0.5, 0.6) is 0 Å². The highest BCUT2D eigenvalue weighted by atomic mass is 16.6. The van der Waals surface area contributed by atoms with Crippen LogP contribution in [0.15, 0.2) is 24.3 Å². The quantitative estimate of drug-likeness (QED) is 0.794. The molecule has 0 aliphatic heterocycles. The highest BCUT2D eigenvalue weighted by molar-refractivity contribution is 5.74. The van der Waals surface area contributed by atoms with Gasteiger partial charge in [0.15, 0.2) is 0 Å². The summed E-state index contributed by atoms with van der Waals surface area (Å²) in [6.07, 6.45) is 2.77. The first-order valence-electron chi connectivity index (χ1n) is 7.33. The van der Waals surface area contributed by atoms with Crippen molar-refractivity contribution in [1.29, 1.82) is 0 Å². The molecule has 0 N–H and O–H groups in total. The molecular formula is C17H23NO3. The van der Waals surface area contributed by atoms with Gasteiger partial charge < -0.3 is 9.53 Å². The van der Waals surface area contributed by atoms with Crippen LogP contribution < -0.4 is 0 Å². The summed E-state index contributed by atoms with van der Waals surface area (Å²) >= 11 is 0. The Kier molecular flexibility index (Phi) is 4.35. The third kappa shape index (κ3) is 4.06. The molecule has 1 atom stereocenters. The summed E-state index contributed by atoms with van der Waals surface area (Å²) in [6.45, 7) is 5.41. The van der Waals surface area contributed by atoms with Crippen molar-refractivity contribution in [2.24, 2.45) is 0 Å². The van der Waals surface area contributed by atoms with Crippen molar-refractivity contribution >= 4 is 12.4 Å². The second-order valence-corrected chi connectivity index (χ2v) is 6.61. The molecule has 4 nitrogen and oxygen atoms in total. The van der Waals surface area contributed by atoms with Gasteiger partial charge in [0.25, 0.3) is 0 Å². The Morgan fingerprint density at radius 2 is 1.86 bits per heavy atom. The number of carbonyl (C=O) groups is 2. The first-order chi connectivity index (χ1) is 9.81. The number of ether oxygens (including phenoxy) is 1. The molecule has 4 heteroatoms. The van der Waals surface area contributed by atoms with Gasteiger partial charge in [-0.3, -0.25) is 4.90 Å². The largest absolute Gasteiger partial charge is 0.444 e. The third-order valence-electron chi connectivity index (χ3n) is 3.55. The minimum absolute atomic E-state index is 0.495. The Hall–Kier alpha value is -1.84. The molecular weight excluding hydrogens is 266 g/mol. The van der Waals surface area contributed by atoms with Gasteiger partial charge in [0, 0.05) is 7.05 Å². The van der Waals surface area contributed by atoms with Gasteiger partial charge in [-0.1, -0.05) is 24.3 Å². The predicted octanol–water partition coefficient (Wildman–Crippen LogP) is 3.67. The van der Waals surface area contributed by atoms with E-state index in [9.17, 15) is 9.59 Å². The lowest BCUT2D eigenvalue weighted by Crippen LogP contribution is -2.37. The van der Waals surface area contributed by atoms with Gasteiger partial charge in [-0.05, 0) is 50.7 Å². The zero-order chi connectivity index (χ0) is 15.6. The van der Waals surface area contributed by atoms with Crippen molar-refractivity contribution in [2.45, 2.75) is 51.2 Å². The molecule has 114 valence electrons. The molecule has 0 heterocycles. The number of hydrogen-bond donors (Lipinski definition) is 0. The summed E-state index contributed by atoms with van der Waals surface area (Å²) in [5, 5.41) is 0. The number of hydrogen-bond acceptors (Lipinski definition) is 3. The fourth-order valence-electron chi connectivity index (χ4n) is 2.22. The summed E-state index contributed by atoms with van der Waals surface area (Å²) < 4.78 is 5.30. The maximum atomic E-state index is 12.1. The van der Waals surface area contributed by atoms with Crippen LogP contribution in [0.25, 0.3) is 0 Å². The van der Waals surface area contributed by atoms with Gasteiger partial charge in [-0.25, -0.2) is 4.79 Å². The van der Waals surface area contributed by atoms with E-state index in [1.165, 1.54) is 23.3 Å². The topological polar surface area (TPSA) is 46.6 Å². The van der Waals surface area contributed by atoms with Gasteiger partial charge in [0.05, 0.1) is 0 Å². The van der Waals surface area contributed by atoms with Gasteiger partial charge in [-0.2, -0.15) is 0 Å².